The van der Waals surface area contributed by atoms with E-state index in [9.17, 15) is 9.90 Å². The predicted molar refractivity (Wildman–Crippen MR) is 96.8 cm³/mol. The lowest BCUT2D eigenvalue weighted by Gasteiger charge is -2.21. The van der Waals surface area contributed by atoms with Gasteiger partial charge in [0.15, 0.2) is 0 Å². The van der Waals surface area contributed by atoms with Crippen molar-refractivity contribution in [1.82, 2.24) is 0 Å². The molecule has 0 saturated carbocycles. The second kappa shape index (κ2) is 6.76. The van der Waals surface area contributed by atoms with E-state index in [2.05, 4.69) is 24.3 Å². The van der Waals surface area contributed by atoms with Crippen LogP contribution in [0.25, 0.3) is 0 Å². The maximum atomic E-state index is 11.8. The van der Waals surface area contributed by atoms with Crippen molar-refractivity contribution < 1.29 is 9.90 Å². The zero-order valence-electron chi connectivity index (χ0n) is 12.8. The molecule has 0 aliphatic carbocycles. The molecule has 0 amide bonds. The van der Waals surface area contributed by atoms with Gasteiger partial charge >= 0.3 is 5.97 Å². The zero-order valence-corrected chi connectivity index (χ0v) is 13.7. The molecule has 3 aromatic carbocycles. The van der Waals surface area contributed by atoms with Crippen molar-refractivity contribution in [3.05, 3.63) is 90.0 Å². The Balaban J connectivity index is 2.23. The van der Waals surface area contributed by atoms with Crippen LogP contribution in [0.3, 0.4) is 0 Å². The molecular formula is C20H17O2P. The average Bonchev–Trinajstić information content (AvgIpc) is 2.58. The van der Waals surface area contributed by atoms with Crippen molar-refractivity contribution in [3.8, 4) is 0 Å². The lowest BCUT2D eigenvalue weighted by Crippen LogP contribution is -2.25. The average molecular weight is 320 g/mol. The molecule has 0 bridgehead atoms. The van der Waals surface area contributed by atoms with Gasteiger partial charge in [-0.15, -0.1) is 0 Å². The molecule has 0 unspecified atom stereocenters. The third-order valence-corrected chi connectivity index (χ3v) is 6.15. The SMILES string of the molecule is Cc1ccc(P(c2ccccc2)c2ccccc2)c(C(=O)O)c1. The van der Waals surface area contributed by atoms with Crippen LogP contribution in [0.2, 0.25) is 0 Å². The van der Waals surface area contributed by atoms with Gasteiger partial charge in [0.1, 0.15) is 0 Å². The standard InChI is InChI=1S/C20H17O2P/c1-15-12-13-19(18(14-15)20(21)22)23(16-8-4-2-5-9-16)17-10-6-3-7-11-17/h2-14H,1H3,(H,21,22). The quantitative estimate of drug-likeness (QED) is 0.748. The van der Waals surface area contributed by atoms with Crippen LogP contribution < -0.4 is 15.9 Å². The van der Waals surface area contributed by atoms with Crippen LogP contribution in [0.1, 0.15) is 15.9 Å². The van der Waals surface area contributed by atoms with E-state index in [1.165, 1.54) is 0 Å². The molecule has 0 saturated heterocycles. The Morgan fingerprint density at radius 2 is 1.35 bits per heavy atom. The molecule has 114 valence electrons. The van der Waals surface area contributed by atoms with Gasteiger partial charge in [-0.05, 0) is 36.8 Å². The summed E-state index contributed by atoms with van der Waals surface area (Å²) in [7, 11) is -0.892. The molecule has 0 aliphatic heterocycles. The number of benzene rings is 3. The maximum Gasteiger partial charge on any atom is 0.336 e. The highest BCUT2D eigenvalue weighted by molar-refractivity contribution is 7.80. The Bertz CT molecular complexity index is 774. The van der Waals surface area contributed by atoms with Crippen LogP contribution >= 0.6 is 7.92 Å². The minimum Gasteiger partial charge on any atom is -0.478 e. The Labute approximate surface area is 137 Å². The first kappa shape index (κ1) is 15.5. The summed E-state index contributed by atoms with van der Waals surface area (Å²) < 4.78 is 0. The monoisotopic (exact) mass is 320 g/mol. The van der Waals surface area contributed by atoms with E-state index in [0.29, 0.717) is 5.56 Å². The van der Waals surface area contributed by atoms with Crippen LogP contribution in [-0.2, 0) is 0 Å². The maximum absolute atomic E-state index is 11.8. The van der Waals surface area contributed by atoms with Gasteiger partial charge in [-0.2, -0.15) is 0 Å². The highest BCUT2D eigenvalue weighted by atomic mass is 31.1. The van der Waals surface area contributed by atoms with Crippen LogP contribution in [0.5, 0.6) is 0 Å². The molecule has 0 atom stereocenters. The Morgan fingerprint density at radius 1 is 0.826 bits per heavy atom. The molecule has 3 aromatic rings. The van der Waals surface area contributed by atoms with E-state index in [1.807, 2.05) is 55.5 Å². The highest BCUT2D eigenvalue weighted by Gasteiger charge is 2.22. The highest BCUT2D eigenvalue weighted by Crippen LogP contribution is 2.34. The fourth-order valence-corrected chi connectivity index (χ4v) is 5.02. The summed E-state index contributed by atoms with van der Waals surface area (Å²) >= 11 is 0. The third kappa shape index (κ3) is 3.33. The fraction of sp³-hybridized carbons (Fsp3) is 0.0500. The Hall–Kier alpha value is -2.44. The van der Waals surface area contributed by atoms with Gasteiger partial charge in [-0.1, -0.05) is 78.4 Å². The predicted octanol–water partition coefficient (Wildman–Crippen LogP) is 3.45. The number of aromatic carboxylic acids is 1. The molecule has 1 N–H and O–H groups in total. The van der Waals surface area contributed by atoms with Gasteiger partial charge in [0.05, 0.1) is 5.56 Å². The lowest BCUT2D eigenvalue weighted by atomic mass is 10.1. The van der Waals surface area contributed by atoms with Gasteiger partial charge < -0.3 is 5.11 Å². The number of carboxylic acid groups (broad SMARTS) is 1. The molecular weight excluding hydrogens is 303 g/mol. The van der Waals surface area contributed by atoms with Crippen molar-refractivity contribution in [2.45, 2.75) is 6.92 Å². The van der Waals surface area contributed by atoms with Crippen LogP contribution in [0.15, 0.2) is 78.9 Å². The Kier molecular flexibility index (Phi) is 4.55. The van der Waals surface area contributed by atoms with E-state index < -0.39 is 13.9 Å². The molecule has 23 heavy (non-hydrogen) atoms. The van der Waals surface area contributed by atoms with E-state index in [-0.39, 0.29) is 0 Å². The minimum absolute atomic E-state index is 0.392. The van der Waals surface area contributed by atoms with Crippen LogP contribution in [0.4, 0.5) is 0 Å². The summed E-state index contributed by atoms with van der Waals surface area (Å²) in [6.07, 6.45) is 0. The second-order valence-electron chi connectivity index (χ2n) is 5.33. The largest absolute Gasteiger partial charge is 0.478 e. The molecule has 3 heteroatoms. The summed E-state index contributed by atoms with van der Waals surface area (Å²) in [6.45, 7) is 1.92. The van der Waals surface area contributed by atoms with Gasteiger partial charge in [-0.3, -0.25) is 0 Å². The molecule has 0 aliphatic rings. The molecule has 0 aromatic heterocycles. The molecule has 0 spiro atoms. The first-order valence-corrected chi connectivity index (χ1v) is 8.75. The summed E-state index contributed by atoms with van der Waals surface area (Å²) in [4.78, 5) is 11.8. The normalized spacial score (nSPS) is 10.7. The topological polar surface area (TPSA) is 37.3 Å². The molecule has 2 nitrogen and oxygen atoms in total. The number of carbonyl (C=O) groups is 1. The number of carboxylic acids is 1. The minimum atomic E-state index is -0.892. The van der Waals surface area contributed by atoms with Crippen molar-refractivity contribution in [2.24, 2.45) is 0 Å². The zero-order chi connectivity index (χ0) is 16.2. The van der Waals surface area contributed by atoms with Gasteiger partial charge in [0.2, 0.25) is 0 Å². The summed E-state index contributed by atoms with van der Waals surface area (Å²) in [5.74, 6) is -0.872. The number of hydrogen-bond acceptors (Lipinski definition) is 1. The number of rotatable bonds is 4. The molecule has 3 rings (SSSR count). The summed E-state index contributed by atoms with van der Waals surface area (Å²) in [5.41, 5.74) is 1.35. The molecule has 0 radical (unpaired) electrons. The van der Waals surface area contributed by atoms with E-state index in [0.717, 1.165) is 21.5 Å². The number of aryl methyl sites for hydroxylation is 1. The summed E-state index contributed by atoms with van der Waals surface area (Å²) in [5, 5.41) is 12.8. The fourth-order valence-electron chi connectivity index (χ4n) is 2.60. The van der Waals surface area contributed by atoms with Crippen molar-refractivity contribution in [3.63, 3.8) is 0 Å². The van der Waals surface area contributed by atoms with Crippen LogP contribution in [0, 0.1) is 6.92 Å². The van der Waals surface area contributed by atoms with E-state index >= 15 is 0 Å². The van der Waals surface area contributed by atoms with Gasteiger partial charge in [0.25, 0.3) is 0 Å². The first-order chi connectivity index (χ1) is 11.2. The van der Waals surface area contributed by atoms with E-state index in [1.54, 1.807) is 6.07 Å². The second-order valence-corrected chi connectivity index (χ2v) is 7.52. The van der Waals surface area contributed by atoms with Crippen molar-refractivity contribution in [2.75, 3.05) is 0 Å². The Morgan fingerprint density at radius 3 is 1.83 bits per heavy atom. The smallest absolute Gasteiger partial charge is 0.336 e. The molecule has 0 heterocycles. The van der Waals surface area contributed by atoms with Gasteiger partial charge in [-0.25, -0.2) is 4.79 Å². The third-order valence-electron chi connectivity index (χ3n) is 3.65. The van der Waals surface area contributed by atoms with Crippen molar-refractivity contribution >= 4 is 29.8 Å². The summed E-state index contributed by atoms with van der Waals surface area (Å²) in [6, 6.07) is 26.0. The van der Waals surface area contributed by atoms with Crippen molar-refractivity contribution in [1.29, 1.82) is 0 Å². The lowest BCUT2D eigenvalue weighted by molar-refractivity contribution is 0.0698. The first-order valence-electron chi connectivity index (χ1n) is 7.41. The van der Waals surface area contributed by atoms with Crippen LogP contribution in [-0.4, -0.2) is 11.1 Å². The van der Waals surface area contributed by atoms with E-state index in [4.69, 9.17) is 0 Å². The number of hydrogen-bond donors (Lipinski definition) is 1. The van der Waals surface area contributed by atoms with Gasteiger partial charge in [0, 0.05) is 0 Å². The molecule has 0 fully saturated rings.